The lowest BCUT2D eigenvalue weighted by Crippen LogP contribution is -2.44. The molecule has 0 radical (unpaired) electrons. The van der Waals surface area contributed by atoms with E-state index in [0.29, 0.717) is 5.88 Å². The molecule has 0 N–H and O–H groups in total. The third kappa shape index (κ3) is 5.53. The number of para-hydroxylation sites is 2. The van der Waals surface area contributed by atoms with Crippen LogP contribution in [0.5, 0.6) is 0 Å². The molecule has 1 heterocycles. The second kappa shape index (κ2) is 9.33. The van der Waals surface area contributed by atoms with Gasteiger partial charge in [-0.25, -0.2) is 0 Å². The maximum absolute atomic E-state index is 6.88. The van der Waals surface area contributed by atoms with Crippen molar-refractivity contribution < 1.29 is 0 Å². The Bertz CT molecular complexity index is 893. The number of hydrogen-bond donors (Lipinski definition) is 0. The van der Waals surface area contributed by atoms with Gasteiger partial charge in [0.1, 0.15) is 6.17 Å². The Balaban J connectivity index is 2.27. The van der Waals surface area contributed by atoms with Gasteiger partial charge in [0.2, 0.25) is 0 Å². The van der Waals surface area contributed by atoms with Crippen LogP contribution in [0.3, 0.4) is 0 Å². The topological polar surface area (TPSA) is 6.48 Å². The maximum atomic E-state index is 6.88. The summed E-state index contributed by atoms with van der Waals surface area (Å²) in [5.41, 5.74) is 8.55. The van der Waals surface area contributed by atoms with Crippen LogP contribution in [0.4, 0.5) is 11.4 Å². The van der Waals surface area contributed by atoms with Crippen LogP contribution >= 0.6 is 11.6 Å². The molecule has 0 amide bonds. The Labute approximate surface area is 221 Å². The molecule has 2 aromatic rings. The predicted molar refractivity (Wildman–Crippen MR) is 157 cm³/mol. The lowest BCUT2D eigenvalue weighted by Gasteiger charge is -2.41. The fourth-order valence-corrected chi connectivity index (χ4v) is 5.83. The molecule has 0 spiro atoms. The summed E-state index contributed by atoms with van der Waals surface area (Å²) in [5, 5.41) is 0. The first-order valence-electron chi connectivity index (χ1n) is 13.3. The average Bonchev–Trinajstić information content (AvgIpc) is 3.13. The zero-order valence-electron chi connectivity index (χ0n) is 24.4. The molecule has 1 aliphatic heterocycles. The number of halogens is 1. The minimum Gasteiger partial charge on any atom is -0.348 e. The van der Waals surface area contributed by atoms with E-state index in [4.69, 9.17) is 11.6 Å². The predicted octanol–water partition coefficient (Wildman–Crippen LogP) is 8.77. The summed E-state index contributed by atoms with van der Waals surface area (Å²) in [6, 6.07) is 13.8. The summed E-state index contributed by atoms with van der Waals surface area (Å²) in [7, 11) is 0. The van der Waals surface area contributed by atoms with Crippen molar-refractivity contribution in [3.05, 3.63) is 58.7 Å². The first-order chi connectivity index (χ1) is 15.9. The molecule has 3 heteroatoms. The average molecular weight is 497 g/mol. The number of anilines is 2. The highest BCUT2D eigenvalue weighted by Gasteiger charge is 2.40. The van der Waals surface area contributed by atoms with Crippen molar-refractivity contribution in [3.8, 4) is 0 Å². The van der Waals surface area contributed by atoms with Crippen LogP contribution in [0, 0.1) is 0 Å². The molecule has 194 valence electrons. The lowest BCUT2D eigenvalue weighted by molar-refractivity contribution is 0.555. The Morgan fingerprint density at radius 1 is 0.571 bits per heavy atom. The summed E-state index contributed by atoms with van der Waals surface area (Å²) in [6.45, 7) is 29.9. The molecule has 1 saturated heterocycles. The summed E-state index contributed by atoms with van der Waals surface area (Å²) in [6.07, 6.45) is 0.103. The van der Waals surface area contributed by atoms with E-state index in [1.165, 1.54) is 33.6 Å². The highest BCUT2D eigenvalue weighted by molar-refractivity contribution is 6.18. The minimum atomic E-state index is 0.0424. The molecule has 2 nitrogen and oxygen atoms in total. The van der Waals surface area contributed by atoms with Gasteiger partial charge in [0.05, 0.1) is 5.88 Å². The van der Waals surface area contributed by atoms with Crippen molar-refractivity contribution in [3.63, 3.8) is 0 Å². The second-order valence-electron chi connectivity index (χ2n) is 14.4. The highest BCUT2D eigenvalue weighted by Crippen LogP contribution is 2.46. The van der Waals surface area contributed by atoms with Crippen LogP contribution in [-0.4, -0.2) is 25.1 Å². The Morgan fingerprint density at radius 2 is 0.829 bits per heavy atom. The summed E-state index contributed by atoms with van der Waals surface area (Å²) in [4.78, 5) is 5.22. The number of nitrogens with zero attached hydrogens (tertiary/aromatic N) is 2. The monoisotopic (exact) mass is 496 g/mol. The van der Waals surface area contributed by atoms with E-state index in [0.717, 1.165) is 13.1 Å². The highest BCUT2D eigenvalue weighted by atomic mass is 35.5. The van der Waals surface area contributed by atoms with Crippen LogP contribution in [-0.2, 0) is 21.7 Å². The largest absolute Gasteiger partial charge is 0.348 e. The minimum absolute atomic E-state index is 0.0424. The van der Waals surface area contributed by atoms with E-state index in [1.807, 2.05) is 0 Å². The van der Waals surface area contributed by atoms with Gasteiger partial charge in [0.15, 0.2) is 0 Å². The van der Waals surface area contributed by atoms with Gasteiger partial charge >= 0.3 is 0 Å². The van der Waals surface area contributed by atoms with Crippen LogP contribution in [0.1, 0.15) is 105 Å². The SMILES string of the molecule is CC(C)(C)c1cccc(C(C)(C)C)c1N1CCN(c2c(C(C)(C)C)cccc2C(C)(C)C)C1CCl. The first kappa shape index (κ1) is 27.9. The number of benzene rings is 2. The normalized spacial score (nSPS) is 16.4. The molecule has 1 fully saturated rings. The molecule has 0 atom stereocenters. The number of hydrogen-bond acceptors (Lipinski definition) is 2. The molecule has 0 unspecified atom stereocenters. The molecule has 0 bridgehead atoms. The van der Waals surface area contributed by atoms with E-state index < -0.39 is 0 Å². The van der Waals surface area contributed by atoms with Crippen molar-refractivity contribution >= 4 is 23.0 Å². The molecule has 2 aromatic carbocycles. The number of rotatable bonds is 3. The molecule has 0 aromatic heterocycles. The van der Waals surface area contributed by atoms with Gasteiger partial charge in [-0.3, -0.25) is 0 Å². The van der Waals surface area contributed by atoms with E-state index in [2.05, 4.69) is 129 Å². The Morgan fingerprint density at radius 3 is 1.03 bits per heavy atom. The van der Waals surface area contributed by atoms with E-state index >= 15 is 0 Å². The van der Waals surface area contributed by atoms with Crippen LogP contribution in [0.2, 0.25) is 0 Å². The first-order valence-corrected chi connectivity index (χ1v) is 13.8. The van der Waals surface area contributed by atoms with Crippen LogP contribution in [0.15, 0.2) is 36.4 Å². The zero-order chi connectivity index (χ0) is 26.6. The number of alkyl halides is 1. The van der Waals surface area contributed by atoms with Gasteiger partial charge < -0.3 is 9.80 Å². The third-order valence-corrected chi connectivity index (χ3v) is 7.59. The molecule has 1 aliphatic rings. The Hall–Kier alpha value is -1.67. The lowest BCUT2D eigenvalue weighted by atomic mass is 9.78. The van der Waals surface area contributed by atoms with E-state index in [9.17, 15) is 0 Å². The van der Waals surface area contributed by atoms with Crippen LogP contribution in [0.25, 0.3) is 0 Å². The molecule has 3 rings (SSSR count). The quantitative estimate of drug-likeness (QED) is 0.391. The molecule has 0 aliphatic carbocycles. The second-order valence-corrected chi connectivity index (χ2v) is 14.7. The Kier molecular flexibility index (Phi) is 7.44. The van der Waals surface area contributed by atoms with Crippen LogP contribution < -0.4 is 9.80 Å². The standard InChI is InChI=1S/C32H49ClN2/c1-29(2,3)22-15-13-16-23(30(4,5)6)27(22)34-19-20-35(26(34)21-33)28-24(31(7,8)9)17-14-18-25(28)32(10,11)12/h13-18,26H,19-21H2,1-12H3. The van der Waals surface area contributed by atoms with Crippen molar-refractivity contribution in [2.75, 3.05) is 28.8 Å². The fraction of sp³-hybridized carbons (Fsp3) is 0.625. The summed E-state index contributed by atoms with van der Waals surface area (Å²) in [5.74, 6) is 0.560. The van der Waals surface area contributed by atoms with Gasteiger partial charge in [-0.15, -0.1) is 11.6 Å². The van der Waals surface area contributed by atoms with Gasteiger partial charge in [-0.2, -0.15) is 0 Å². The third-order valence-electron chi connectivity index (χ3n) is 7.32. The summed E-state index contributed by atoms with van der Waals surface area (Å²) >= 11 is 6.88. The van der Waals surface area contributed by atoms with Gasteiger partial charge in [0, 0.05) is 24.5 Å². The van der Waals surface area contributed by atoms with E-state index in [1.54, 1.807) is 0 Å². The van der Waals surface area contributed by atoms with Crippen molar-refractivity contribution in [2.45, 2.75) is 111 Å². The molecular formula is C32H49ClN2. The molecule has 0 saturated carbocycles. The van der Waals surface area contributed by atoms with Crippen molar-refractivity contribution in [1.29, 1.82) is 0 Å². The summed E-state index contributed by atoms with van der Waals surface area (Å²) < 4.78 is 0. The van der Waals surface area contributed by atoms with Gasteiger partial charge in [-0.05, 0) is 43.9 Å². The fourth-order valence-electron chi connectivity index (χ4n) is 5.50. The van der Waals surface area contributed by atoms with Crippen molar-refractivity contribution in [1.82, 2.24) is 0 Å². The molecule has 35 heavy (non-hydrogen) atoms. The maximum Gasteiger partial charge on any atom is 0.115 e. The van der Waals surface area contributed by atoms with E-state index in [-0.39, 0.29) is 27.8 Å². The smallest absolute Gasteiger partial charge is 0.115 e. The van der Waals surface area contributed by atoms with Gasteiger partial charge in [0.25, 0.3) is 0 Å². The van der Waals surface area contributed by atoms with Gasteiger partial charge in [-0.1, -0.05) is 119 Å². The molecular weight excluding hydrogens is 448 g/mol. The zero-order valence-corrected chi connectivity index (χ0v) is 25.2. The van der Waals surface area contributed by atoms with Crippen molar-refractivity contribution in [2.24, 2.45) is 0 Å².